The van der Waals surface area contributed by atoms with Crippen LogP contribution in [0.1, 0.15) is 10.6 Å². The molecule has 1 heterocycles. The summed E-state index contributed by atoms with van der Waals surface area (Å²) >= 11 is 12.2. The van der Waals surface area contributed by atoms with Crippen LogP contribution in [0.15, 0.2) is 52.9 Å². The van der Waals surface area contributed by atoms with Gasteiger partial charge in [0, 0.05) is 11.6 Å². The van der Waals surface area contributed by atoms with Crippen molar-refractivity contribution in [2.24, 2.45) is 0 Å². The molecule has 3 aromatic rings. The number of carbonyl (C=O) groups excluding carboxylic acids is 1. The van der Waals surface area contributed by atoms with E-state index in [1.165, 1.54) is 31.4 Å². The highest BCUT2D eigenvalue weighted by atomic mass is 35.5. The first kappa shape index (κ1) is 18.8. The highest BCUT2D eigenvalue weighted by Gasteiger charge is 2.18. The third kappa shape index (κ3) is 3.89. The molecule has 0 aliphatic heterocycles. The molecule has 0 spiro atoms. The van der Waals surface area contributed by atoms with Gasteiger partial charge in [0.2, 0.25) is 0 Å². The van der Waals surface area contributed by atoms with Crippen molar-refractivity contribution in [2.45, 2.75) is 0 Å². The van der Waals surface area contributed by atoms with Gasteiger partial charge in [-0.3, -0.25) is 14.9 Å². The summed E-state index contributed by atoms with van der Waals surface area (Å²) in [6.07, 6.45) is 0. The second kappa shape index (κ2) is 7.69. The zero-order valence-corrected chi connectivity index (χ0v) is 15.4. The van der Waals surface area contributed by atoms with Gasteiger partial charge in [0.25, 0.3) is 11.6 Å². The fraction of sp³-hybridized carbons (Fsp3) is 0.0556. The minimum Gasteiger partial charge on any atom is -0.494 e. The van der Waals surface area contributed by atoms with Crippen molar-refractivity contribution in [1.82, 2.24) is 0 Å². The first-order valence-corrected chi connectivity index (χ1v) is 8.34. The highest BCUT2D eigenvalue weighted by molar-refractivity contribution is 6.43. The summed E-state index contributed by atoms with van der Waals surface area (Å²) in [6, 6.07) is 12.0. The molecule has 7 nitrogen and oxygen atoms in total. The Balaban J connectivity index is 1.85. The molecular formula is C18H12Cl2N2O5. The van der Waals surface area contributed by atoms with Crippen molar-refractivity contribution in [1.29, 1.82) is 0 Å². The average molecular weight is 407 g/mol. The Kier molecular flexibility index (Phi) is 5.34. The molecule has 0 bridgehead atoms. The lowest BCUT2D eigenvalue weighted by Gasteiger charge is -2.09. The number of hydrogen-bond donors (Lipinski definition) is 1. The topological polar surface area (TPSA) is 94.6 Å². The van der Waals surface area contributed by atoms with Gasteiger partial charge >= 0.3 is 0 Å². The summed E-state index contributed by atoms with van der Waals surface area (Å²) in [7, 11) is 1.35. The molecule has 0 saturated carbocycles. The lowest BCUT2D eigenvalue weighted by atomic mass is 10.2. The van der Waals surface area contributed by atoms with Gasteiger partial charge in [-0.25, -0.2) is 0 Å². The van der Waals surface area contributed by atoms with Crippen molar-refractivity contribution in [2.75, 3.05) is 12.4 Å². The summed E-state index contributed by atoms with van der Waals surface area (Å²) in [5, 5.41) is 14.1. The van der Waals surface area contributed by atoms with E-state index in [1.807, 2.05) is 0 Å². The van der Waals surface area contributed by atoms with Crippen LogP contribution in [0.4, 0.5) is 11.4 Å². The molecule has 1 N–H and O–H groups in total. The van der Waals surface area contributed by atoms with Crippen LogP contribution >= 0.6 is 23.2 Å². The van der Waals surface area contributed by atoms with Crippen molar-refractivity contribution >= 4 is 40.5 Å². The second-order valence-electron chi connectivity index (χ2n) is 5.36. The lowest BCUT2D eigenvalue weighted by Crippen LogP contribution is -2.11. The first-order valence-electron chi connectivity index (χ1n) is 7.58. The van der Waals surface area contributed by atoms with Gasteiger partial charge in [-0.05, 0) is 30.3 Å². The van der Waals surface area contributed by atoms with E-state index >= 15 is 0 Å². The van der Waals surface area contributed by atoms with E-state index in [1.54, 1.807) is 24.3 Å². The van der Waals surface area contributed by atoms with Crippen molar-refractivity contribution in [3.8, 4) is 17.1 Å². The van der Waals surface area contributed by atoms with Crippen LogP contribution in [0.3, 0.4) is 0 Å². The van der Waals surface area contributed by atoms with E-state index in [-0.39, 0.29) is 22.9 Å². The van der Waals surface area contributed by atoms with Gasteiger partial charge in [-0.2, -0.15) is 0 Å². The van der Waals surface area contributed by atoms with E-state index in [2.05, 4.69) is 5.32 Å². The maximum Gasteiger partial charge on any atom is 0.291 e. The number of furan rings is 1. The number of benzene rings is 2. The number of nitrogens with one attached hydrogen (secondary N) is 1. The molecule has 0 aliphatic carbocycles. The Morgan fingerprint density at radius 3 is 2.67 bits per heavy atom. The summed E-state index contributed by atoms with van der Waals surface area (Å²) in [5.74, 6) is 0.0125. The van der Waals surface area contributed by atoms with Crippen LogP contribution < -0.4 is 10.1 Å². The van der Waals surface area contributed by atoms with E-state index in [4.69, 9.17) is 32.4 Å². The largest absolute Gasteiger partial charge is 0.494 e. The Bertz CT molecular complexity index is 1030. The number of nitro groups is 1. The Labute approximate surface area is 163 Å². The van der Waals surface area contributed by atoms with E-state index in [0.717, 1.165) is 0 Å². The number of nitrogens with zero attached hydrogens (tertiary/aromatic N) is 1. The highest BCUT2D eigenvalue weighted by Crippen LogP contribution is 2.35. The van der Waals surface area contributed by atoms with Gasteiger partial charge in [-0.1, -0.05) is 29.3 Å². The molecule has 138 valence electrons. The molecule has 9 heteroatoms. The molecule has 0 fully saturated rings. The third-order valence-corrected chi connectivity index (χ3v) is 4.51. The first-order chi connectivity index (χ1) is 12.9. The zero-order chi connectivity index (χ0) is 19.6. The van der Waals surface area contributed by atoms with Crippen LogP contribution in [0, 0.1) is 10.1 Å². The number of amides is 1. The van der Waals surface area contributed by atoms with Crippen LogP contribution in [-0.4, -0.2) is 17.9 Å². The van der Waals surface area contributed by atoms with Crippen LogP contribution in [0.5, 0.6) is 5.75 Å². The molecule has 1 amide bonds. The summed E-state index contributed by atoms with van der Waals surface area (Å²) in [5.41, 5.74) is 0.670. The number of nitro benzene ring substituents is 1. The number of ether oxygens (including phenoxy) is 1. The van der Waals surface area contributed by atoms with Crippen molar-refractivity contribution in [3.05, 3.63) is 74.5 Å². The maximum atomic E-state index is 12.4. The predicted octanol–water partition coefficient (Wildman–Crippen LogP) is 5.42. The lowest BCUT2D eigenvalue weighted by molar-refractivity contribution is -0.384. The Morgan fingerprint density at radius 1 is 1.19 bits per heavy atom. The SMILES string of the molecule is COc1cc([N+](=O)[O-])ccc1NC(=O)c1ccc(-c2cccc(Cl)c2Cl)o1. The molecule has 2 aromatic carbocycles. The molecule has 0 aliphatic rings. The minimum atomic E-state index is -0.554. The Hall–Kier alpha value is -3.03. The number of carbonyl (C=O) groups is 1. The molecule has 0 unspecified atom stereocenters. The number of anilines is 1. The second-order valence-corrected chi connectivity index (χ2v) is 6.15. The maximum absolute atomic E-state index is 12.4. The average Bonchev–Trinajstić information content (AvgIpc) is 3.14. The summed E-state index contributed by atoms with van der Waals surface area (Å²) in [6.45, 7) is 0. The van der Waals surface area contributed by atoms with Crippen LogP contribution in [-0.2, 0) is 0 Å². The molecular weight excluding hydrogens is 395 g/mol. The van der Waals surface area contributed by atoms with Crippen LogP contribution in [0.2, 0.25) is 10.0 Å². The van der Waals surface area contributed by atoms with E-state index in [0.29, 0.717) is 21.4 Å². The van der Waals surface area contributed by atoms with Gasteiger partial charge < -0.3 is 14.5 Å². The van der Waals surface area contributed by atoms with Crippen molar-refractivity contribution in [3.63, 3.8) is 0 Å². The number of methoxy groups -OCH3 is 1. The van der Waals surface area contributed by atoms with Gasteiger partial charge in [0.05, 0.1) is 33.8 Å². The predicted molar refractivity (Wildman–Crippen MR) is 102 cm³/mol. The number of rotatable bonds is 5. The molecule has 3 rings (SSSR count). The number of hydrogen-bond acceptors (Lipinski definition) is 5. The molecule has 27 heavy (non-hydrogen) atoms. The fourth-order valence-electron chi connectivity index (χ4n) is 2.38. The summed E-state index contributed by atoms with van der Waals surface area (Å²) < 4.78 is 10.7. The molecule has 0 radical (unpaired) electrons. The smallest absolute Gasteiger partial charge is 0.291 e. The minimum absolute atomic E-state index is 0.0291. The fourth-order valence-corrected chi connectivity index (χ4v) is 2.77. The van der Waals surface area contributed by atoms with Gasteiger partial charge in [0.15, 0.2) is 5.76 Å². The van der Waals surface area contributed by atoms with Crippen molar-refractivity contribution < 1.29 is 18.9 Å². The van der Waals surface area contributed by atoms with Gasteiger partial charge in [-0.15, -0.1) is 0 Å². The Morgan fingerprint density at radius 2 is 1.96 bits per heavy atom. The molecule has 1 aromatic heterocycles. The third-order valence-electron chi connectivity index (χ3n) is 3.69. The number of non-ortho nitro benzene ring substituents is 1. The van der Waals surface area contributed by atoms with Crippen LogP contribution in [0.25, 0.3) is 11.3 Å². The van der Waals surface area contributed by atoms with E-state index in [9.17, 15) is 14.9 Å². The standard InChI is InChI=1S/C18H12Cl2N2O5/c1-26-16-9-10(22(24)25)5-6-13(16)21-18(23)15-8-7-14(27-15)11-3-2-4-12(19)17(11)20/h2-9H,1H3,(H,21,23). The number of halogens is 2. The monoisotopic (exact) mass is 406 g/mol. The quantitative estimate of drug-likeness (QED) is 0.450. The zero-order valence-electron chi connectivity index (χ0n) is 13.9. The molecule has 0 atom stereocenters. The normalized spacial score (nSPS) is 10.5. The van der Waals surface area contributed by atoms with Gasteiger partial charge in [0.1, 0.15) is 11.5 Å². The molecule has 0 saturated heterocycles. The summed E-state index contributed by atoms with van der Waals surface area (Å²) in [4.78, 5) is 22.7. The van der Waals surface area contributed by atoms with E-state index < -0.39 is 10.8 Å².